The Labute approximate surface area is 120 Å². The highest BCUT2D eigenvalue weighted by Gasteiger charge is 2.27. The van der Waals surface area contributed by atoms with Crippen molar-refractivity contribution in [3.8, 4) is 0 Å². The largest absolute Gasteiger partial charge is 0.462 e. The Bertz CT molecular complexity index is 380. The van der Waals surface area contributed by atoms with E-state index in [2.05, 4.69) is 6.58 Å². The summed E-state index contributed by atoms with van der Waals surface area (Å²) >= 11 is 0. The molecule has 1 atom stereocenters. The van der Waals surface area contributed by atoms with E-state index in [1.165, 1.54) is 0 Å². The predicted octanol–water partition coefficient (Wildman–Crippen LogP) is 3.15. The van der Waals surface area contributed by atoms with Crippen LogP contribution < -0.4 is 0 Å². The van der Waals surface area contributed by atoms with Gasteiger partial charge in [0.15, 0.2) is 0 Å². The summed E-state index contributed by atoms with van der Waals surface area (Å²) in [6.07, 6.45) is 7.80. The molecular formula is C16H24O4. The summed E-state index contributed by atoms with van der Waals surface area (Å²) in [6, 6.07) is 0. The lowest BCUT2D eigenvalue weighted by Crippen LogP contribution is -2.25. The number of rotatable bonds is 5. The molecule has 112 valence electrons. The molecule has 0 aromatic rings. The van der Waals surface area contributed by atoms with E-state index in [0.29, 0.717) is 17.9 Å². The standard InChI is InChI=1S/C16H24O4/c1-11(2)16(18)20-14-7-4-12(5-8-14)3-6-13-9-10-15(17)19-13/h12-14H,1,3-10H2,2H3. The Morgan fingerprint density at radius 1 is 1.25 bits per heavy atom. The molecule has 0 aromatic heterocycles. The van der Waals surface area contributed by atoms with Gasteiger partial charge in [0, 0.05) is 12.0 Å². The number of carbonyl (C=O) groups excluding carboxylic acids is 2. The Kier molecular flexibility index (Phi) is 5.21. The van der Waals surface area contributed by atoms with Gasteiger partial charge in [-0.2, -0.15) is 0 Å². The van der Waals surface area contributed by atoms with Gasteiger partial charge in [0.2, 0.25) is 0 Å². The summed E-state index contributed by atoms with van der Waals surface area (Å²) in [5, 5.41) is 0. The van der Waals surface area contributed by atoms with Crippen molar-refractivity contribution in [2.45, 2.75) is 70.5 Å². The quantitative estimate of drug-likeness (QED) is 0.573. The SMILES string of the molecule is C=C(C)C(=O)OC1CCC(CCC2CCC(=O)O2)CC1. The molecule has 1 heterocycles. The van der Waals surface area contributed by atoms with Gasteiger partial charge in [-0.25, -0.2) is 4.79 Å². The third kappa shape index (κ3) is 4.36. The Morgan fingerprint density at radius 2 is 1.95 bits per heavy atom. The highest BCUT2D eigenvalue weighted by atomic mass is 16.6. The van der Waals surface area contributed by atoms with Gasteiger partial charge < -0.3 is 9.47 Å². The highest BCUT2D eigenvalue weighted by Crippen LogP contribution is 2.31. The number of hydrogen-bond acceptors (Lipinski definition) is 4. The summed E-state index contributed by atoms with van der Waals surface area (Å²) in [5.74, 6) is 0.353. The van der Waals surface area contributed by atoms with E-state index < -0.39 is 0 Å². The van der Waals surface area contributed by atoms with E-state index in [0.717, 1.165) is 44.9 Å². The van der Waals surface area contributed by atoms with Crippen molar-refractivity contribution in [2.24, 2.45) is 5.92 Å². The van der Waals surface area contributed by atoms with Crippen LogP contribution in [0, 0.1) is 5.92 Å². The maximum Gasteiger partial charge on any atom is 0.333 e. The Hall–Kier alpha value is -1.32. The van der Waals surface area contributed by atoms with Crippen LogP contribution in [-0.4, -0.2) is 24.1 Å². The molecule has 20 heavy (non-hydrogen) atoms. The average Bonchev–Trinajstić information content (AvgIpc) is 2.83. The van der Waals surface area contributed by atoms with E-state index in [-0.39, 0.29) is 24.1 Å². The molecule has 2 rings (SSSR count). The molecule has 2 fully saturated rings. The fraction of sp³-hybridized carbons (Fsp3) is 0.750. The van der Waals surface area contributed by atoms with Crippen LogP contribution >= 0.6 is 0 Å². The molecule has 0 bridgehead atoms. The van der Waals surface area contributed by atoms with Crippen molar-refractivity contribution in [1.82, 2.24) is 0 Å². The van der Waals surface area contributed by atoms with E-state index in [9.17, 15) is 9.59 Å². The molecule has 0 spiro atoms. The first-order valence-electron chi connectivity index (χ1n) is 7.60. The second-order valence-electron chi connectivity index (χ2n) is 6.06. The molecule has 2 aliphatic rings. The van der Waals surface area contributed by atoms with Crippen LogP contribution in [0.4, 0.5) is 0 Å². The summed E-state index contributed by atoms with van der Waals surface area (Å²) < 4.78 is 10.6. The van der Waals surface area contributed by atoms with Crippen molar-refractivity contribution >= 4 is 11.9 Å². The first-order valence-corrected chi connectivity index (χ1v) is 7.60. The lowest BCUT2D eigenvalue weighted by Gasteiger charge is -2.28. The molecule has 1 saturated heterocycles. The minimum Gasteiger partial charge on any atom is -0.462 e. The molecule has 0 N–H and O–H groups in total. The predicted molar refractivity (Wildman–Crippen MR) is 75.0 cm³/mol. The number of ether oxygens (including phenoxy) is 2. The van der Waals surface area contributed by atoms with Crippen molar-refractivity contribution in [3.05, 3.63) is 12.2 Å². The molecule has 0 radical (unpaired) electrons. The third-order valence-electron chi connectivity index (χ3n) is 4.28. The van der Waals surface area contributed by atoms with E-state index in [1.54, 1.807) is 6.92 Å². The Morgan fingerprint density at radius 3 is 2.50 bits per heavy atom. The molecule has 0 amide bonds. The fourth-order valence-corrected chi connectivity index (χ4v) is 3.00. The summed E-state index contributed by atoms with van der Waals surface area (Å²) in [5.41, 5.74) is 0.468. The van der Waals surface area contributed by atoms with Crippen molar-refractivity contribution in [1.29, 1.82) is 0 Å². The number of cyclic esters (lactones) is 1. The lowest BCUT2D eigenvalue weighted by molar-refractivity contribution is -0.146. The van der Waals surface area contributed by atoms with Gasteiger partial charge in [-0.1, -0.05) is 6.58 Å². The highest BCUT2D eigenvalue weighted by molar-refractivity contribution is 5.87. The molecule has 4 heteroatoms. The minimum atomic E-state index is -0.272. The normalized spacial score (nSPS) is 29.9. The second-order valence-corrected chi connectivity index (χ2v) is 6.06. The van der Waals surface area contributed by atoms with Gasteiger partial charge >= 0.3 is 11.9 Å². The fourth-order valence-electron chi connectivity index (χ4n) is 3.00. The van der Waals surface area contributed by atoms with Gasteiger partial charge in [0.25, 0.3) is 0 Å². The second kappa shape index (κ2) is 6.91. The van der Waals surface area contributed by atoms with Gasteiger partial charge in [0.1, 0.15) is 12.2 Å². The van der Waals surface area contributed by atoms with Crippen LogP contribution in [0.5, 0.6) is 0 Å². The van der Waals surface area contributed by atoms with Gasteiger partial charge in [0.05, 0.1) is 0 Å². The van der Waals surface area contributed by atoms with Crippen LogP contribution in [-0.2, 0) is 19.1 Å². The van der Waals surface area contributed by atoms with E-state index >= 15 is 0 Å². The minimum absolute atomic E-state index is 0.0505. The van der Waals surface area contributed by atoms with Gasteiger partial charge in [-0.05, 0) is 57.8 Å². The zero-order chi connectivity index (χ0) is 14.5. The maximum atomic E-state index is 11.5. The van der Waals surface area contributed by atoms with Gasteiger partial charge in [-0.3, -0.25) is 4.79 Å². The van der Waals surface area contributed by atoms with Gasteiger partial charge in [-0.15, -0.1) is 0 Å². The lowest BCUT2D eigenvalue weighted by atomic mass is 9.84. The molecular weight excluding hydrogens is 256 g/mol. The van der Waals surface area contributed by atoms with Crippen molar-refractivity contribution in [3.63, 3.8) is 0 Å². The van der Waals surface area contributed by atoms with Crippen LogP contribution in [0.3, 0.4) is 0 Å². The first kappa shape index (κ1) is 15.1. The molecule has 1 aliphatic heterocycles. The molecule has 1 aliphatic carbocycles. The number of carbonyl (C=O) groups is 2. The topological polar surface area (TPSA) is 52.6 Å². The van der Waals surface area contributed by atoms with Crippen LogP contribution in [0.25, 0.3) is 0 Å². The van der Waals surface area contributed by atoms with E-state index in [1.807, 2.05) is 0 Å². The summed E-state index contributed by atoms with van der Waals surface area (Å²) in [4.78, 5) is 22.5. The van der Waals surface area contributed by atoms with Crippen LogP contribution in [0.2, 0.25) is 0 Å². The van der Waals surface area contributed by atoms with Crippen molar-refractivity contribution < 1.29 is 19.1 Å². The zero-order valence-corrected chi connectivity index (χ0v) is 12.2. The third-order valence-corrected chi connectivity index (χ3v) is 4.28. The number of hydrogen-bond donors (Lipinski definition) is 0. The molecule has 4 nitrogen and oxygen atoms in total. The van der Waals surface area contributed by atoms with Crippen LogP contribution in [0.15, 0.2) is 12.2 Å². The molecule has 1 saturated carbocycles. The molecule has 0 aromatic carbocycles. The van der Waals surface area contributed by atoms with E-state index in [4.69, 9.17) is 9.47 Å². The first-order chi connectivity index (χ1) is 9.54. The smallest absolute Gasteiger partial charge is 0.333 e. The zero-order valence-electron chi connectivity index (χ0n) is 12.2. The average molecular weight is 280 g/mol. The summed E-state index contributed by atoms with van der Waals surface area (Å²) in [7, 11) is 0. The Balaban J connectivity index is 1.63. The molecule has 1 unspecified atom stereocenters. The summed E-state index contributed by atoms with van der Waals surface area (Å²) in [6.45, 7) is 5.28. The maximum absolute atomic E-state index is 11.5. The van der Waals surface area contributed by atoms with Crippen LogP contribution in [0.1, 0.15) is 58.3 Å². The monoisotopic (exact) mass is 280 g/mol. The van der Waals surface area contributed by atoms with Crippen molar-refractivity contribution in [2.75, 3.05) is 0 Å². The number of esters is 2.